The fraction of sp³-hybridized carbons (Fsp3) is 0.833. The number of aliphatic hydroxyl groups excluding tert-OH is 1. The number of hydrogen-bond donors (Lipinski definition) is 2. The highest BCUT2D eigenvalue weighted by Gasteiger charge is 2.17. The van der Waals surface area contributed by atoms with E-state index in [2.05, 4.69) is 32.2 Å². The molecule has 0 bridgehead atoms. The Hall–Kier alpha value is -0.340. The second-order valence-corrected chi connectivity index (χ2v) is 4.95. The quantitative estimate of drug-likeness (QED) is 0.644. The molecule has 84 valence electrons. The molecule has 0 radical (unpaired) electrons. The number of nitrogens with one attached hydrogen (secondary N) is 1. The lowest BCUT2D eigenvalue weighted by atomic mass is 10.0. The van der Waals surface area contributed by atoms with Crippen LogP contribution in [0.2, 0.25) is 0 Å². The van der Waals surface area contributed by atoms with Gasteiger partial charge in [-0.1, -0.05) is 11.6 Å². The van der Waals surface area contributed by atoms with Crippen LogP contribution in [0.1, 0.15) is 47.5 Å². The molecule has 0 heterocycles. The van der Waals surface area contributed by atoms with E-state index in [9.17, 15) is 0 Å². The average molecular weight is 199 g/mol. The van der Waals surface area contributed by atoms with Crippen molar-refractivity contribution in [1.82, 2.24) is 5.32 Å². The molecular weight excluding hydrogens is 174 g/mol. The molecule has 0 aliphatic heterocycles. The Balaban J connectivity index is 3.76. The molecule has 0 fully saturated rings. The minimum Gasteiger partial charge on any atom is -0.394 e. The molecule has 1 atom stereocenters. The van der Waals surface area contributed by atoms with Crippen LogP contribution >= 0.6 is 0 Å². The molecule has 2 N–H and O–H groups in total. The van der Waals surface area contributed by atoms with Gasteiger partial charge >= 0.3 is 0 Å². The molecule has 2 nitrogen and oxygen atoms in total. The normalized spacial score (nSPS) is 13.9. The number of allylic oxidation sites excluding steroid dienone is 2. The zero-order chi connectivity index (χ0) is 11.2. The van der Waals surface area contributed by atoms with Crippen molar-refractivity contribution in [3.05, 3.63) is 11.6 Å². The standard InChI is InChI=1S/C12H25NO/c1-10(2)7-6-8-11(3)13-12(4,5)9-14/h7,11,13-14H,6,8-9H2,1-5H3. The predicted octanol–water partition coefficient (Wildman–Crippen LogP) is 2.48. The van der Waals surface area contributed by atoms with Gasteiger partial charge in [-0.05, 0) is 47.5 Å². The monoisotopic (exact) mass is 199 g/mol. The Morgan fingerprint density at radius 3 is 2.43 bits per heavy atom. The van der Waals surface area contributed by atoms with Crippen molar-refractivity contribution in [3.63, 3.8) is 0 Å². The van der Waals surface area contributed by atoms with E-state index in [1.807, 2.05) is 13.8 Å². The maximum Gasteiger partial charge on any atom is 0.0607 e. The first-order chi connectivity index (χ1) is 6.37. The van der Waals surface area contributed by atoms with Crippen LogP contribution < -0.4 is 5.32 Å². The Bertz CT molecular complexity index is 181. The van der Waals surface area contributed by atoms with Crippen molar-refractivity contribution in [3.8, 4) is 0 Å². The summed E-state index contributed by atoms with van der Waals surface area (Å²) in [5.74, 6) is 0. The summed E-state index contributed by atoms with van der Waals surface area (Å²) in [4.78, 5) is 0. The Labute approximate surface area is 88.4 Å². The summed E-state index contributed by atoms with van der Waals surface area (Å²) < 4.78 is 0. The third kappa shape index (κ3) is 7.10. The van der Waals surface area contributed by atoms with Gasteiger partial charge in [0, 0.05) is 11.6 Å². The van der Waals surface area contributed by atoms with Gasteiger partial charge in [0.15, 0.2) is 0 Å². The molecule has 1 unspecified atom stereocenters. The zero-order valence-corrected chi connectivity index (χ0v) is 10.2. The van der Waals surface area contributed by atoms with Crippen molar-refractivity contribution in [2.24, 2.45) is 0 Å². The molecular formula is C12H25NO. The molecule has 0 saturated carbocycles. The van der Waals surface area contributed by atoms with Crippen LogP contribution in [0.3, 0.4) is 0 Å². The first-order valence-electron chi connectivity index (χ1n) is 5.39. The fourth-order valence-electron chi connectivity index (χ4n) is 1.41. The summed E-state index contributed by atoms with van der Waals surface area (Å²) in [6.45, 7) is 10.6. The number of rotatable bonds is 6. The minimum absolute atomic E-state index is 0.162. The second kappa shape index (κ2) is 6.20. The van der Waals surface area contributed by atoms with Crippen LogP contribution in [0.25, 0.3) is 0 Å². The van der Waals surface area contributed by atoms with Crippen molar-refractivity contribution in [2.45, 2.75) is 59.0 Å². The molecule has 0 aromatic carbocycles. The highest BCUT2D eigenvalue weighted by Crippen LogP contribution is 2.07. The highest BCUT2D eigenvalue weighted by molar-refractivity contribution is 4.93. The van der Waals surface area contributed by atoms with Crippen molar-refractivity contribution in [1.29, 1.82) is 0 Å². The smallest absolute Gasteiger partial charge is 0.0607 e. The molecule has 0 aromatic rings. The van der Waals surface area contributed by atoms with Gasteiger partial charge in [-0.3, -0.25) is 0 Å². The molecule has 2 heteroatoms. The molecule has 0 aliphatic carbocycles. The Morgan fingerprint density at radius 2 is 2.00 bits per heavy atom. The van der Waals surface area contributed by atoms with Crippen LogP contribution in [0.4, 0.5) is 0 Å². The summed E-state index contributed by atoms with van der Waals surface area (Å²) in [5.41, 5.74) is 1.21. The molecule has 0 rings (SSSR count). The van der Waals surface area contributed by atoms with Crippen molar-refractivity contribution < 1.29 is 5.11 Å². The molecule has 14 heavy (non-hydrogen) atoms. The van der Waals surface area contributed by atoms with E-state index in [1.165, 1.54) is 5.57 Å². The first kappa shape index (κ1) is 13.7. The van der Waals surface area contributed by atoms with E-state index in [-0.39, 0.29) is 12.1 Å². The van der Waals surface area contributed by atoms with Gasteiger partial charge in [0.1, 0.15) is 0 Å². The maximum absolute atomic E-state index is 9.08. The van der Waals surface area contributed by atoms with E-state index in [4.69, 9.17) is 5.11 Å². The zero-order valence-electron chi connectivity index (χ0n) is 10.2. The molecule has 0 aromatic heterocycles. The van der Waals surface area contributed by atoms with E-state index in [1.54, 1.807) is 0 Å². The van der Waals surface area contributed by atoms with Crippen molar-refractivity contribution >= 4 is 0 Å². The average Bonchev–Trinajstić information content (AvgIpc) is 2.02. The van der Waals surface area contributed by atoms with Crippen LogP contribution in [0.5, 0.6) is 0 Å². The lowest BCUT2D eigenvalue weighted by Gasteiger charge is -2.28. The Morgan fingerprint density at radius 1 is 1.43 bits per heavy atom. The Kier molecular flexibility index (Phi) is 6.05. The molecule has 0 aliphatic rings. The van der Waals surface area contributed by atoms with Crippen LogP contribution in [-0.4, -0.2) is 23.3 Å². The number of aliphatic hydroxyl groups is 1. The lowest BCUT2D eigenvalue weighted by Crippen LogP contribution is -2.47. The second-order valence-electron chi connectivity index (χ2n) is 4.95. The van der Waals surface area contributed by atoms with Gasteiger partial charge in [-0.15, -0.1) is 0 Å². The molecule has 0 amide bonds. The summed E-state index contributed by atoms with van der Waals surface area (Å²) in [6, 6.07) is 0.452. The molecule has 0 saturated heterocycles. The fourth-order valence-corrected chi connectivity index (χ4v) is 1.41. The summed E-state index contributed by atoms with van der Waals surface area (Å²) in [7, 11) is 0. The van der Waals surface area contributed by atoms with E-state index in [0.29, 0.717) is 6.04 Å². The third-order valence-electron chi connectivity index (χ3n) is 2.18. The van der Waals surface area contributed by atoms with Gasteiger partial charge < -0.3 is 10.4 Å². The van der Waals surface area contributed by atoms with Crippen LogP contribution in [0, 0.1) is 0 Å². The minimum atomic E-state index is -0.162. The molecule has 0 spiro atoms. The maximum atomic E-state index is 9.08. The van der Waals surface area contributed by atoms with Gasteiger partial charge in [0.05, 0.1) is 6.61 Å². The summed E-state index contributed by atoms with van der Waals surface area (Å²) in [6.07, 6.45) is 4.48. The highest BCUT2D eigenvalue weighted by atomic mass is 16.3. The van der Waals surface area contributed by atoms with Crippen molar-refractivity contribution in [2.75, 3.05) is 6.61 Å². The van der Waals surface area contributed by atoms with E-state index in [0.717, 1.165) is 12.8 Å². The van der Waals surface area contributed by atoms with Gasteiger partial charge in [0.2, 0.25) is 0 Å². The lowest BCUT2D eigenvalue weighted by molar-refractivity contribution is 0.176. The van der Waals surface area contributed by atoms with E-state index >= 15 is 0 Å². The van der Waals surface area contributed by atoms with Gasteiger partial charge in [-0.2, -0.15) is 0 Å². The van der Waals surface area contributed by atoms with Gasteiger partial charge in [0.25, 0.3) is 0 Å². The van der Waals surface area contributed by atoms with Gasteiger partial charge in [-0.25, -0.2) is 0 Å². The van der Waals surface area contributed by atoms with E-state index < -0.39 is 0 Å². The first-order valence-corrected chi connectivity index (χ1v) is 5.39. The van der Waals surface area contributed by atoms with Crippen LogP contribution in [-0.2, 0) is 0 Å². The summed E-state index contributed by atoms with van der Waals surface area (Å²) in [5, 5.41) is 12.5. The predicted molar refractivity (Wildman–Crippen MR) is 62.4 cm³/mol. The third-order valence-corrected chi connectivity index (χ3v) is 2.18. The largest absolute Gasteiger partial charge is 0.394 e. The SMILES string of the molecule is CC(C)=CCCC(C)NC(C)(C)CO. The topological polar surface area (TPSA) is 32.3 Å². The van der Waals surface area contributed by atoms with Crippen LogP contribution in [0.15, 0.2) is 11.6 Å². The number of hydrogen-bond acceptors (Lipinski definition) is 2. The summed E-state index contributed by atoms with van der Waals surface area (Å²) >= 11 is 0.